The third-order valence-corrected chi connectivity index (χ3v) is 4.57. The normalized spacial score (nSPS) is 21.2. The number of aliphatic hydroxyl groups is 1. The lowest BCUT2D eigenvalue weighted by atomic mass is 10.1. The number of likely N-dealkylation sites (N-methyl/N-ethyl adjacent to an activating group) is 1. The first-order valence-corrected chi connectivity index (χ1v) is 8.00. The zero-order chi connectivity index (χ0) is 15.5. The molecule has 2 aliphatic rings. The van der Waals surface area contributed by atoms with Crippen molar-refractivity contribution in [1.29, 1.82) is 0 Å². The number of pyridine rings is 1. The molecule has 6 nitrogen and oxygen atoms in total. The van der Waals surface area contributed by atoms with Crippen molar-refractivity contribution in [3.05, 3.63) is 23.9 Å². The molecule has 120 valence electrons. The molecule has 3 rings (SSSR count). The zero-order valence-corrected chi connectivity index (χ0v) is 13.1. The van der Waals surface area contributed by atoms with Crippen LogP contribution in [-0.2, 0) is 0 Å². The van der Waals surface area contributed by atoms with E-state index in [0.29, 0.717) is 31.5 Å². The van der Waals surface area contributed by atoms with Crippen molar-refractivity contribution in [2.75, 3.05) is 51.2 Å². The van der Waals surface area contributed by atoms with Crippen molar-refractivity contribution >= 4 is 11.7 Å². The van der Waals surface area contributed by atoms with Gasteiger partial charge in [0.1, 0.15) is 5.82 Å². The number of nitrogens with zero attached hydrogens (tertiary/aromatic N) is 4. The summed E-state index contributed by atoms with van der Waals surface area (Å²) in [7, 11) is 2.13. The standard InChI is InChI=1S/C16H24N4O2/c1-18-8-10-19(11-9-18)15-3-2-13(12-17-15)16(22)20-6-4-14(21)5-7-20/h2-3,12,14,21H,4-11H2,1H3. The topological polar surface area (TPSA) is 59.9 Å². The van der Waals surface area contributed by atoms with Crippen molar-refractivity contribution in [1.82, 2.24) is 14.8 Å². The summed E-state index contributed by atoms with van der Waals surface area (Å²) in [5, 5.41) is 9.52. The van der Waals surface area contributed by atoms with Gasteiger partial charge in [-0.1, -0.05) is 0 Å². The number of hydrogen-bond donors (Lipinski definition) is 1. The molecule has 2 saturated heterocycles. The van der Waals surface area contributed by atoms with Gasteiger partial charge in [-0.3, -0.25) is 4.79 Å². The van der Waals surface area contributed by atoms with E-state index in [-0.39, 0.29) is 12.0 Å². The molecule has 1 amide bonds. The predicted molar refractivity (Wildman–Crippen MR) is 85.1 cm³/mol. The predicted octanol–water partition coefficient (Wildman–Crippen LogP) is 0.430. The van der Waals surface area contributed by atoms with E-state index in [0.717, 1.165) is 32.0 Å². The average molecular weight is 304 g/mol. The van der Waals surface area contributed by atoms with Crippen molar-refractivity contribution in [3.8, 4) is 0 Å². The molecule has 1 N–H and O–H groups in total. The minimum atomic E-state index is -0.262. The molecule has 0 spiro atoms. The van der Waals surface area contributed by atoms with Gasteiger partial charge in [0, 0.05) is 45.5 Å². The van der Waals surface area contributed by atoms with Gasteiger partial charge in [0.2, 0.25) is 0 Å². The third-order valence-electron chi connectivity index (χ3n) is 4.57. The number of piperazine rings is 1. The van der Waals surface area contributed by atoms with E-state index in [1.807, 2.05) is 12.1 Å². The van der Waals surface area contributed by atoms with Crippen LogP contribution >= 0.6 is 0 Å². The second-order valence-electron chi connectivity index (χ2n) is 6.22. The van der Waals surface area contributed by atoms with Crippen LogP contribution in [-0.4, -0.2) is 78.2 Å². The molecule has 0 unspecified atom stereocenters. The molecular weight excluding hydrogens is 280 g/mol. The second kappa shape index (κ2) is 6.62. The van der Waals surface area contributed by atoms with E-state index in [1.165, 1.54) is 0 Å². The van der Waals surface area contributed by atoms with Crippen LogP contribution in [0.5, 0.6) is 0 Å². The summed E-state index contributed by atoms with van der Waals surface area (Å²) in [6, 6.07) is 3.81. The Balaban J connectivity index is 1.62. The van der Waals surface area contributed by atoms with Crippen molar-refractivity contribution < 1.29 is 9.90 Å². The molecule has 2 fully saturated rings. The number of amides is 1. The van der Waals surface area contributed by atoms with Crippen LogP contribution in [0.25, 0.3) is 0 Å². The summed E-state index contributed by atoms with van der Waals surface area (Å²) >= 11 is 0. The van der Waals surface area contributed by atoms with Gasteiger partial charge in [0.15, 0.2) is 0 Å². The second-order valence-corrected chi connectivity index (χ2v) is 6.22. The van der Waals surface area contributed by atoms with E-state index >= 15 is 0 Å². The van der Waals surface area contributed by atoms with E-state index in [1.54, 1.807) is 11.1 Å². The first kappa shape index (κ1) is 15.2. The Labute approximate surface area is 131 Å². The highest BCUT2D eigenvalue weighted by atomic mass is 16.3. The van der Waals surface area contributed by atoms with Gasteiger partial charge in [-0.05, 0) is 32.0 Å². The Morgan fingerprint density at radius 3 is 2.41 bits per heavy atom. The van der Waals surface area contributed by atoms with E-state index in [2.05, 4.69) is 21.8 Å². The van der Waals surface area contributed by atoms with Crippen molar-refractivity contribution in [2.24, 2.45) is 0 Å². The van der Waals surface area contributed by atoms with E-state index in [9.17, 15) is 9.90 Å². The van der Waals surface area contributed by atoms with Crippen LogP contribution in [0.15, 0.2) is 18.3 Å². The van der Waals surface area contributed by atoms with Crippen molar-refractivity contribution in [2.45, 2.75) is 18.9 Å². The highest BCUT2D eigenvalue weighted by molar-refractivity contribution is 5.94. The first-order chi connectivity index (χ1) is 10.6. The lowest BCUT2D eigenvalue weighted by Crippen LogP contribution is -2.44. The van der Waals surface area contributed by atoms with Crippen LogP contribution in [0.1, 0.15) is 23.2 Å². The van der Waals surface area contributed by atoms with Crippen LogP contribution in [0.2, 0.25) is 0 Å². The summed E-state index contributed by atoms with van der Waals surface area (Å²) < 4.78 is 0. The minimum absolute atomic E-state index is 0.0179. The Bertz CT molecular complexity index is 503. The molecule has 2 aliphatic heterocycles. The van der Waals surface area contributed by atoms with E-state index in [4.69, 9.17) is 0 Å². The Hall–Kier alpha value is -1.66. The average Bonchev–Trinajstić information content (AvgIpc) is 2.56. The zero-order valence-electron chi connectivity index (χ0n) is 13.1. The molecule has 0 atom stereocenters. The van der Waals surface area contributed by atoms with Crippen LogP contribution in [0.4, 0.5) is 5.82 Å². The fraction of sp³-hybridized carbons (Fsp3) is 0.625. The van der Waals surface area contributed by atoms with Crippen molar-refractivity contribution in [3.63, 3.8) is 0 Å². The molecule has 0 radical (unpaired) electrons. The first-order valence-electron chi connectivity index (χ1n) is 8.00. The minimum Gasteiger partial charge on any atom is -0.393 e. The van der Waals surface area contributed by atoms with Gasteiger partial charge >= 0.3 is 0 Å². The number of carbonyl (C=O) groups is 1. The molecule has 1 aromatic heterocycles. The summed E-state index contributed by atoms with van der Waals surface area (Å²) in [5.74, 6) is 0.961. The largest absolute Gasteiger partial charge is 0.393 e. The number of aliphatic hydroxyl groups excluding tert-OH is 1. The summed E-state index contributed by atoms with van der Waals surface area (Å²) in [6.07, 6.45) is 2.75. The number of hydrogen-bond acceptors (Lipinski definition) is 5. The smallest absolute Gasteiger partial charge is 0.255 e. The maximum Gasteiger partial charge on any atom is 0.255 e. The lowest BCUT2D eigenvalue weighted by Gasteiger charge is -2.33. The van der Waals surface area contributed by atoms with Crippen LogP contribution in [0.3, 0.4) is 0 Å². The van der Waals surface area contributed by atoms with Gasteiger partial charge in [-0.2, -0.15) is 0 Å². The van der Waals surface area contributed by atoms with Gasteiger partial charge in [0.05, 0.1) is 11.7 Å². The van der Waals surface area contributed by atoms with Crippen LogP contribution in [0, 0.1) is 0 Å². The molecule has 6 heteroatoms. The molecule has 0 bridgehead atoms. The maximum absolute atomic E-state index is 12.4. The van der Waals surface area contributed by atoms with Gasteiger partial charge < -0.3 is 19.8 Å². The SMILES string of the molecule is CN1CCN(c2ccc(C(=O)N3CCC(O)CC3)cn2)CC1. The van der Waals surface area contributed by atoms with Gasteiger partial charge in [-0.15, -0.1) is 0 Å². The summed E-state index contributed by atoms with van der Waals surface area (Å²) in [5.41, 5.74) is 0.634. The highest BCUT2D eigenvalue weighted by Crippen LogP contribution is 2.17. The molecule has 3 heterocycles. The van der Waals surface area contributed by atoms with Crippen LogP contribution < -0.4 is 4.90 Å². The lowest BCUT2D eigenvalue weighted by molar-refractivity contribution is 0.0546. The molecule has 0 aromatic carbocycles. The van der Waals surface area contributed by atoms with Gasteiger partial charge in [0.25, 0.3) is 5.91 Å². The number of anilines is 1. The quantitative estimate of drug-likeness (QED) is 0.859. The van der Waals surface area contributed by atoms with E-state index < -0.39 is 0 Å². The Morgan fingerprint density at radius 2 is 1.82 bits per heavy atom. The fourth-order valence-corrected chi connectivity index (χ4v) is 2.99. The Morgan fingerprint density at radius 1 is 1.14 bits per heavy atom. The molecule has 22 heavy (non-hydrogen) atoms. The third kappa shape index (κ3) is 3.39. The summed E-state index contributed by atoms with van der Waals surface area (Å²) in [4.78, 5) is 23.3. The summed E-state index contributed by atoms with van der Waals surface area (Å²) in [6.45, 7) is 5.28. The molecule has 0 saturated carbocycles. The highest BCUT2D eigenvalue weighted by Gasteiger charge is 2.23. The number of likely N-dealkylation sites (tertiary alicyclic amines) is 1. The fourth-order valence-electron chi connectivity index (χ4n) is 2.99. The number of aromatic nitrogens is 1. The van der Waals surface area contributed by atoms with Gasteiger partial charge in [-0.25, -0.2) is 4.98 Å². The number of piperidine rings is 1. The molecular formula is C16H24N4O2. The molecule has 0 aliphatic carbocycles. The molecule has 1 aromatic rings. The maximum atomic E-state index is 12.4. The monoisotopic (exact) mass is 304 g/mol. The Kier molecular flexibility index (Phi) is 4.59. The number of rotatable bonds is 2. The number of carbonyl (C=O) groups excluding carboxylic acids is 1.